The molecule has 1 aliphatic rings. The van der Waals surface area contributed by atoms with Gasteiger partial charge in [-0.1, -0.05) is 30.3 Å². The van der Waals surface area contributed by atoms with Crippen molar-refractivity contribution in [1.82, 2.24) is 0 Å². The van der Waals surface area contributed by atoms with E-state index in [9.17, 15) is 19.2 Å². The van der Waals surface area contributed by atoms with Gasteiger partial charge in [0, 0.05) is 34.0 Å². The third-order valence-corrected chi connectivity index (χ3v) is 4.16. The molecule has 1 N–H and O–H groups in total. The maximum atomic E-state index is 12.7. The van der Waals surface area contributed by atoms with Crippen molar-refractivity contribution in [2.45, 2.75) is 20.0 Å². The number of esters is 1. The maximum absolute atomic E-state index is 12.7. The van der Waals surface area contributed by atoms with Crippen LogP contribution in [-0.2, 0) is 14.3 Å². The zero-order valence-corrected chi connectivity index (χ0v) is 14.8. The van der Waals surface area contributed by atoms with Gasteiger partial charge in [-0.25, -0.2) is 4.79 Å². The van der Waals surface area contributed by atoms with Crippen molar-refractivity contribution in [3.05, 3.63) is 76.9 Å². The zero-order chi connectivity index (χ0) is 19.6. The minimum atomic E-state index is -1.01. The number of ketones is 2. The SMILES string of the molecule is C/C=C/C(=O)O[C@@H](C)C(=O)Nc1ccc2c(c1)C(=O)c1ccccc1C2=O. The molecule has 1 amide bonds. The highest BCUT2D eigenvalue weighted by Crippen LogP contribution is 2.29. The van der Waals surface area contributed by atoms with Crippen molar-refractivity contribution in [3.63, 3.8) is 0 Å². The Kier molecular flexibility index (Phi) is 4.98. The summed E-state index contributed by atoms with van der Waals surface area (Å²) in [6.45, 7) is 3.11. The lowest BCUT2D eigenvalue weighted by Gasteiger charge is -2.18. The highest BCUT2D eigenvalue weighted by atomic mass is 16.5. The number of benzene rings is 2. The highest BCUT2D eigenvalue weighted by Gasteiger charge is 2.29. The van der Waals surface area contributed by atoms with Gasteiger partial charge >= 0.3 is 5.97 Å². The first-order chi connectivity index (χ1) is 12.9. The summed E-state index contributed by atoms with van der Waals surface area (Å²) in [6, 6.07) is 11.1. The Hall–Kier alpha value is -3.54. The molecule has 6 heteroatoms. The molecule has 0 aromatic heterocycles. The highest BCUT2D eigenvalue weighted by molar-refractivity contribution is 6.28. The Morgan fingerprint density at radius 3 is 2.19 bits per heavy atom. The molecule has 0 saturated carbocycles. The predicted molar refractivity (Wildman–Crippen MR) is 98.7 cm³/mol. The van der Waals surface area contributed by atoms with E-state index >= 15 is 0 Å². The van der Waals surface area contributed by atoms with Crippen LogP contribution in [0.1, 0.15) is 45.7 Å². The van der Waals surface area contributed by atoms with Crippen LogP contribution < -0.4 is 5.32 Å². The maximum Gasteiger partial charge on any atom is 0.331 e. The smallest absolute Gasteiger partial charge is 0.331 e. The third-order valence-electron chi connectivity index (χ3n) is 4.16. The minimum absolute atomic E-state index is 0.230. The van der Waals surface area contributed by atoms with Gasteiger partial charge < -0.3 is 10.1 Å². The number of ether oxygens (including phenoxy) is 1. The molecule has 0 heterocycles. The van der Waals surface area contributed by atoms with Crippen LogP contribution in [0.2, 0.25) is 0 Å². The van der Waals surface area contributed by atoms with Gasteiger partial charge in [0.05, 0.1) is 0 Å². The number of hydrogen-bond donors (Lipinski definition) is 1. The van der Waals surface area contributed by atoms with E-state index in [4.69, 9.17) is 4.74 Å². The summed E-state index contributed by atoms with van der Waals surface area (Å²) in [7, 11) is 0. The van der Waals surface area contributed by atoms with Crippen molar-refractivity contribution in [3.8, 4) is 0 Å². The Labute approximate surface area is 155 Å². The molecular formula is C21H17NO5. The van der Waals surface area contributed by atoms with Gasteiger partial charge in [-0.3, -0.25) is 14.4 Å². The van der Waals surface area contributed by atoms with Gasteiger partial charge in [0.25, 0.3) is 5.91 Å². The van der Waals surface area contributed by atoms with Gasteiger partial charge in [-0.2, -0.15) is 0 Å². The van der Waals surface area contributed by atoms with Crippen molar-refractivity contribution in [2.24, 2.45) is 0 Å². The summed E-state index contributed by atoms with van der Waals surface area (Å²) in [5, 5.41) is 2.59. The van der Waals surface area contributed by atoms with Gasteiger partial charge in [-0.05, 0) is 32.0 Å². The summed E-state index contributed by atoms with van der Waals surface area (Å²) in [4.78, 5) is 48.9. The van der Waals surface area contributed by atoms with Crippen LogP contribution in [0.15, 0.2) is 54.6 Å². The van der Waals surface area contributed by atoms with E-state index in [1.807, 2.05) is 0 Å². The van der Waals surface area contributed by atoms with Crippen molar-refractivity contribution in [1.29, 1.82) is 0 Å². The second-order valence-electron chi connectivity index (χ2n) is 6.03. The standard InChI is InChI=1S/C21H17NO5/c1-3-6-18(23)27-12(2)21(26)22-13-9-10-16-17(11-13)20(25)15-8-5-4-7-14(15)19(16)24/h3-12H,1-2H3,(H,22,26)/b6-3+/t12-/m0/s1. The number of nitrogens with one attached hydrogen (secondary N) is 1. The van der Waals surface area contributed by atoms with E-state index in [-0.39, 0.29) is 17.1 Å². The monoisotopic (exact) mass is 363 g/mol. The number of rotatable bonds is 4. The molecule has 27 heavy (non-hydrogen) atoms. The summed E-state index contributed by atoms with van der Waals surface area (Å²) in [6.07, 6.45) is 1.71. The van der Waals surface area contributed by atoms with E-state index in [1.54, 1.807) is 31.2 Å². The van der Waals surface area contributed by atoms with Gasteiger partial charge in [-0.15, -0.1) is 0 Å². The molecule has 2 aromatic rings. The Balaban J connectivity index is 1.82. The minimum Gasteiger partial charge on any atom is -0.449 e. The van der Waals surface area contributed by atoms with Gasteiger partial charge in [0.15, 0.2) is 17.7 Å². The Morgan fingerprint density at radius 2 is 1.56 bits per heavy atom. The van der Waals surface area contributed by atoms with Crippen LogP contribution in [0.4, 0.5) is 5.69 Å². The molecule has 0 fully saturated rings. The van der Waals surface area contributed by atoms with Crippen LogP contribution in [0.3, 0.4) is 0 Å². The normalized spacial score (nSPS) is 13.7. The number of anilines is 1. The molecular weight excluding hydrogens is 346 g/mol. The van der Waals surface area contributed by atoms with Crippen molar-refractivity contribution >= 4 is 29.1 Å². The van der Waals surface area contributed by atoms with Crippen LogP contribution >= 0.6 is 0 Å². The average molecular weight is 363 g/mol. The van der Waals surface area contributed by atoms with E-state index in [0.717, 1.165) is 0 Å². The first-order valence-electron chi connectivity index (χ1n) is 8.39. The molecule has 6 nitrogen and oxygen atoms in total. The predicted octanol–water partition coefficient (Wildman–Crippen LogP) is 2.91. The van der Waals surface area contributed by atoms with E-state index in [1.165, 1.54) is 37.3 Å². The number of fused-ring (bicyclic) bond motifs is 2. The quantitative estimate of drug-likeness (QED) is 0.569. The molecule has 3 rings (SSSR count). The number of hydrogen-bond acceptors (Lipinski definition) is 5. The molecule has 136 valence electrons. The number of allylic oxidation sites excluding steroid dienone is 1. The Morgan fingerprint density at radius 1 is 0.963 bits per heavy atom. The fourth-order valence-electron chi connectivity index (χ4n) is 2.82. The molecule has 1 aliphatic carbocycles. The number of carbonyl (C=O) groups excluding carboxylic acids is 4. The summed E-state index contributed by atoms with van der Waals surface area (Å²) in [5.41, 5.74) is 1.58. The second kappa shape index (κ2) is 7.37. The van der Waals surface area contributed by atoms with Crippen LogP contribution in [-0.4, -0.2) is 29.5 Å². The molecule has 0 saturated heterocycles. The number of amides is 1. The Bertz CT molecular complexity index is 990. The first-order valence-corrected chi connectivity index (χ1v) is 8.39. The topological polar surface area (TPSA) is 89.5 Å². The van der Waals surface area contributed by atoms with Gasteiger partial charge in [0.1, 0.15) is 0 Å². The number of carbonyl (C=O) groups is 4. The largest absolute Gasteiger partial charge is 0.449 e. The summed E-state index contributed by atoms with van der Waals surface area (Å²) in [5.74, 6) is -1.67. The van der Waals surface area contributed by atoms with Crippen LogP contribution in [0, 0.1) is 0 Å². The van der Waals surface area contributed by atoms with Crippen molar-refractivity contribution in [2.75, 3.05) is 5.32 Å². The zero-order valence-electron chi connectivity index (χ0n) is 14.8. The van der Waals surface area contributed by atoms with Crippen molar-refractivity contribution < 1.29 is 23.9 Å². The molecule has 0 spiro atoms. The van der Waals surface area contributed by atoms with E-state index < -0.39 is 18.0 Å². The average Bonchev–Trinajstić information content (AvgIpc) is 2.66. The van der Waals surface area contributed by atoms with E-state index in [2.05, 4.69) is 5.32 Å². The lowest BCUT2D eigenvalue weighted by Crippen LogP contribution is -2.29. The molecule has 1 atom stereocenters. The third kappa shape index (κ3) is 3.55. The summed E-state index contributed by atoms with van der Waals surface area (Å²) < 4.78 is 4.96. The molecule has 2 aromatic carbocycles. The fourth-order valence-corrected chi connectivity index (χ4v) is 2.82. The fraction of sp³-hybridized carbons (Fsp3) is 0.143. The molecule has 0 bridgehead atoms. The van der Waals surface area contributed by atoms with E-state index in [0.29, 0.717) is 22.4 Å². The second-order valence-corrected chi connectivity index (χ2v) is 6.03. The summed E-state index contributed by atoms with van der Waals surface area (Å²) >= 11 is 0. The van der Waals surface area contributed by atoms with Crippen LogP contribution in [0.5, 0.6) is 0 Å². The first kappa shape index (κ1) is 18.3. The molecule has 0 unspecified atom stereocenters. The van der Waals surface area contributed by atoms with Crippen LogP contribution in [0.25, 0.3) is 0 Å². The molecule has 0 aliphatic heterocycles. The lowest BCUT2D eigenvalue weighted by molar-refractivity contribution is -0.148. The lowest BCUT2D eigenvalue weighted by atomic mass is 9.84. The van der Waals surface area contributed by atoms with Gasteiger partial charge in [0.2, 0.25) is 0 Å². The molecule has 0 radical (unpaired) electrons.